The van der Waals surface area contributed by atoms with Gasteiger partial charge < -0.3 is 9.88 Å². The minimum Gasteiger partial charge on any atom is -0.333 e. The average molecular weight is 306 g/mol. The van der Waals surface area contributed by atoms with Crippen LogP contribution in [-0.4, -0.2) is 37.9 Å². The third kappa shape index (κ3) is 3.06. The van der Waals surface area contributed by atoms with Crippen molar-refractivity contribution in [1.29, 1.82) is 0 Å². The molecule has 1 aliphatic rings. The van der Waals surface area contributed by atoms with Gasteiger partial charge in [-0.15, -0.1) is 0 Å². The van der Waals surface area contributed by atoms with Crippen LogP contribution in [0.1, 0.15) is 12.7 Å². The Morgan fingerprint density at radius 1 is 1.38 bits per heavy atom. The molecule has 0 unspecified atom stereocenters. The van der Waals surface area contributed by atoms with Crippen LogP contribution in [0, 0.1) is 0 Å². The van der Waals surface area contributed by atoms with Crippen LogP contribution in [0.15, 0.2) is 30.7 Å². The Morgan fingerprint density at radius 2 is 2.24 bits per heavy atom. The number of halogens is 1. The van der Waals surface area contributed by atoms with Gasteiger partial charge in [-0.3, -0.25) is 9.69 Å². The van der Waals surface area contributed by atoms with Crippen LogP contribution in [0.25, 0.3) is 0 Å². The molecule has 0 aliphatic carbocycles. The smallest absolute Gasteiger partial charge is 0.242 e. The molecular weight excluding hydrogens is 290 g/mol. The van der Waals surface area contributed by atoms with Crippen molar-refractivity contribution in [1.82, 2.24) is 19.4 Å². The number of rotatable bonds is 3. The van der Waals surface area contributed by atoms with E-state index in [0.717, 1.165) is 18.9 Å². The predicted octanol–water partition coefficient (Wildman–Crippen LogP) is 1.77. The van der Waals surface area contributed by atoms with Gasteiger partial charge in [0.05, 0.1) is 17.6 Å². The lowest BCUT2D eigenvalue weighted by Crippen LogP contribution is -2.45. The maximum Gasteiger partial charge on any atom is 0.242 e. The number of pyridine rings is 1. The number of carbonyl (C=O) groups is 1. The maximum atomic E-state index is 12.3. The number of nitrogens with one attached hydrogen (secondary N) is 1. The second-order valence-corrected chi connectivity index (χ2v) is 5.47. The van der Waals surface area contributed by atoms with Gasteiger partial charge in [0, 0.05) is 31.7 Å². The Labute approximate surface area is 127 Å². The molecule has 0 saturated carbocycles. The molecule has 0 aromatic carbocycles. The summed E-state index contributed by atoms with van der Waals surface area (Å²) in [6, 6.07) is 3.15. The highest BCUT2D eigenvalue weighted by atomic mass is 35.5. The first-order chi connectivity index (χ1) is 10.1. The van der Waals surface area contributed by atoms with Gasteiger partial charge in [0.2, 0.25) is 5.91 Å². The summed E-state index contributed by atoms with van der Waals surface area (Å²) in [4.78, 5) is 22.8. The van der Waals surface area contributed by atoms with E-state index in [2.05, 4.69) is 24.8 Å². The second kappa shape index (κ2) is 5.83. The van der Waals surface area contributed by atoms with Gasteiger partial charge in [-0.1, -0.05) is 11.6 Å². The highest BCUT2D eigenvalue weighted by Gasteiger charge is 2.25. The van der Waals surface area contributed by atoms with Crippen molar-refractivity contribution in [3.8, 4) is 0 Å². The van der Waals surface area contributed by atoms with Gasteiger partial charge in [-0.05, 0) is 19.1 Å². The summed E-state index contributed by atoms with van der Waals surface area (Å²) < 4.78 is 2.11. The van der Waals surface area contributed by atoms with E-state index in [1.54, 1.807) is 18.3 Å². The molecule has 0 bridgehead atoms. The lowest BCUT2D eigenvalue weighted by atomic mass is 10.2. The Kier molecular flexibility index (Phi) is 3.90. The van der Waals surface area contributed by atoms with Crippen molar-refractivity contribution in [2.24, 2.45) is 0 Å². The summed E-state index contributed by atoms with van der Waals surface area (Å²) in [5.74, 6) is 1.42. The summed E-state index contributed by atoms with van der Waals surface area (Å²) in [6.07, 6.45) is 5.27. The van der Waals surface area contributed by atoms with E-state index >= 15 is 0 Å². The zero-order chi connectivity index (χ0) is 14.8. The molecule has 1 N–H and O–H groups in total. The molecule has 2 aromatic rings. The van der Waals surface area contributed by atoms with Gasteiger partial charge in [-0.2, -0.15) is 0 Å². The fourth-order valence-electron chi connectivity index (χ4n) is 2.37. The molecule has 1 atom stereocenters. The first kappa shape index (κ1) is 14.0. The molecule has 0 spiro atoms. The van der Waals surface area contributed by atoms with E-state index in [-0.39, 0.29) is 11.9 Å². The number of hydrogen-bond acceptors (Lipinski definition) is 4. The summed E-state index contributed by atoms with van der Waals surface area (Å²) in [6.45, 7) is 4.25. The maximum absolute atomic E-state index is 12.3. The van der Waals surface area contributed by atoms with E-state index in [1.165, 1.54) is 6.20 Å². The fraction of sp³-hybridized carbons (Fsp3) is 0.357. The van der Waals surface area contributed by atoms with Gasteiger partial charge in [0.25, 0.3) is 0 Å². The van der Waals surface area contributed by atoms with Crippen molar-refractivity contribution in [3.63, 3.8) is 0 Å². The van der Waals surface area contributed by atoms with Crippen LogP contribution in [0.5, 0.6) is 0 Å². The molecule has 0 fully saturated rings. The topological polar surface area (TPSA) is 63.1 Å². The number of amides is 1. The van der Waals surface area contributed by atoms with Gasteiger partial charge >= 0.3 is 0 Å². The zero-order valence-electron chi connectivity index (χ0n) is 11.7. The largest absolute Gasteiger partial charge is 0.333 e. The number of imidazole rings is 1. The number of hydrogen-bond donors (Lipinski definition) is 1. The van der Waals surface area contributed by atoms with E-state index in [9.17, 15) is 4.79 Å². The first-order valence-corrected chi connectivity index (χ1v) is 7.18. The minimum atomic E-state index is -0.243. The lowest BCUT2D eigenvalue weighted by molar-refractivity contribution is -0.121. The Morgan fingerprint density at radius 3 is 3.00 bits per heavy atom. The highest BCUT2D eigenvalue weighted by Crippen LogP contribution is 2.15. The number of aromatic nitrogens is 3. The molecule has 3 rings (SSSR count). The van der Waals surface area contributed by atoms with E-state index in [0.29, 0.717) is 17.4 Å². The Hall–Kier alpha value is -1.92. The first-order valence-electron chi connectivity index (χ1n) is 6.80. The molecule has 110 valence electrons. The van der Waals surface area contributed by atoms with Gasteiger partial charge in [0.1, 0.15) is 11.6 Å². The number of anilines is 1. The standard InChI is InChI=1S/C14H16ClN5O/c1-10(14(21)18-12-3-2-11(15)8-17-12)20-7-6-19-5-4-16-13(19)9-20/h2-5,8,10H,6-7,9H2,1H3,(H,17,18,21)/t10-/m0/s1. The third-order valence-corrected chi connectivity index (χ3v) is 3.90. The lowest BCUT2D eigenvalue weighted by Gasteiger charge is -2.31. The predicted molar refractivity (Wildman–Crippen MR) is 80.0 cm³/mol. The summed E-state index contributed by atoms with van der Waals surface area (Å²) >= 11 is 5.78. The molecule has 21 heavy (non-hydrogen) atoms. The van der Waals surface area contributed by atoms with Crippen molar-refractivity contribution in [2.45, 2.75) is 26.1 Å². The van der Waals surface area contributed by atoms with Crippen LogP contribution >= 0.6 is 11.6 Å². The van der Waals surface area contributed by atoms with Gasteiger partial charge in [0.15, 0.2) is 0 Å². The molecule has 2 aromatic heterocycles. The van der Waals surface area contributed by atoms with E-state index in [4.69, 9.17) is 11.6 Å². The molecular formula is C14H16ClN5O. The fourth-order valence-corrected chi connectivity index (χ4v) is 2.48. The van der Waals surface area contributed by atoms with E-state index < -0.39 is 0 Å². The molecule has 7 heteroatoms. The molecule has 0 radical (unpaired) electrons. The van der Waals surface area contributed by atoms with Crippen LogP contribution in [0.4, 0.5) is 5.82 Å². The molecule has 6 nitrogen and oxygen atoms in total. The molecule has 0 saturated heterocycles. The summed E-state index contributed by atoms with van der Waals surface area (Å²) in [5.41, 5.74) is 0. The third-order valence-electron chi connectivity index (χ3n) is 3.68. The Balaban J connectivity index is 1.64. The Bertz CT molecular complexity index is 639. The second-order valence-electron chi connectivity index (χ2n) is 5.03. The van der Waals surface area contributed by atoms with Crippen molar-refractivity contribution in [2.75, 3.05) is 11.9 Å². The minimum absolute atomic E-state index is 0.0789. The van der Waals surface area contributed by atoms with Crippen molar-refractivity contribution < 1.29 is 4.79 Å². The van der Waals surface area contributed by atoms with Crippen molar-refractivity contribution >= 4 is 23.3 Å². The van der Waals surface area contributed by atoms with Crippen LogP contribution < -0.4 is 5.32 Å². The van der Waals surface area contributed by atoms with Gasteiger partial charge in [-0.25, -0.2) is 9.97 Å². The number of fused-ring (bicyclic) bond motifs is 1. The van der Waals surface area contributed by atoms with Crippen LogP contribution in [0.3, 0.4) is 0 Å². The quantitative estimate of drug-likeness (QED) is 0.939. The molecule has 1 aliphatic heterocycles. The monoisotopic (exact) mass is 305 g/mol. The number of carbonyl (C=O) groups excluding carboxylic acids is 1. The number of nitrogens with zero attached hydrogens (tertiary/aromatic N) is 4. The van der Waals surface area contributed by atoms with E-state index in [1.807, 2.05) is 13.1 Å². The summed E-state index contributed by atoms with van der Waals surface area (Å²) in [5, 5.41) is 3.35. The average Bonchev–Trinajstić information content (AvgIpc) is 2.96. The van der Waals surface area contributed by atoms with Crippen molar-refractivity contribution in [3.05, 3.63) is 41.6 Å². The SMILES string of the molecule is C[C@@H](C(=O)Nc1ccc(Cl)cn1)N1CCn2ccnc2C1. The molecule has 3 heterocycles. The zero-order valence-corrected chi connectivity index (χ0v) is 12.4. The summed E-state index contributed by atoms with van der Waals surface area (Å²) in [7, 11) is 0. The normalized spacial score (nSPS) is 16.3. The van der Waals surface area contributed by atoms with Crippen LogP contribution in [-0.2, 0) is 17.9 Å². The molecule has 1 amide bonds. The van der Waals surface area contributed by atoms with Crippen LogP contribution in [0.2, 0.25) is 5.02 Å². The highest BCUT2D eigenvalue weighted by molar-refractivity contribution is 6.30.